The summed E-state index contributed by atoms with van der Waals surface area (Å²) in [6.07, 6.45) is 3.66. The number of halogens is 1. The lowest BCUT2D eigenvalue weighted by molar-refractivity contribution is 0.389. The van der Waals surface area contributed by atoms with Crippen LogP contribution in [-0.4, -0.2) is 10.5 Å². The number of nitrogens with two attached hydrogens (primary N) is 1. The first kappa shape index (κ1) is 9.59. The summed E-state index contributed by atoms with van der Waals surface area (Å²) in [6, 6.07) is 3.16. The van der Waals surface area contributed by atoms with Crippen molar-refractivity contribution in [3.8, 4) is 0 Å². The third-order valence-electron chi connectivity index (χ3n) is 3.48. The smallest absolute Gasteiger partial charge is 0.212 e. The van der Waals surface area contributed by atoms with Gasteiger partial charge in [0.2, 0.25) is 5.95 Å². The number of rotatable bonds is 2. The average Bonchev–Trinajstić information content (AvgIpc) is 2.86. The first-order valence-corrected chi connectivity index (χ1v) is 4.87. The topological polar surface area (TPSA) is 38.9 Å². The minimum absolute atomic E-state index is 0.117. The van der Waals surface area contributed by atoms with Gasteiger partial charge in [0.05, 0.1) is 0 Å². The molecule has 76 valence electrons. The summed E-state index contributed by atoms with van der Waals surface area (Å²) < 4.78 is 12.6. The van der Waals surface area contributed by atoms with E-state index in [0.717, 1.165) is 18.4 Å². The summed E-state index contributed by atoms with van der Waals surface area (Å²) >= 11 is 0. The van der Waals surface area contributed by atoms with Crippen molar-refractivity contribution >= 4 is 0 Å². The molecule has 0 atom stereocenters. The van der Waals surface area contributed by atoms with Gasteiger partial charge in [0.25, 0.3) is 0 Å². The van der Waals surface area contributed by atoms with Gasteiger partial charge >= 0.3 is 0 Å². The minimum Gasteiger partial charge on any atom is -0.324 e. The van der Waals surface area contributed by atoms with Crippen LogP contribution in [0.4, 0.5) is 4.39 Å². The highest BCUT2D eigenvalue weighted by Gasteiger charge is 2.51. The Bertz CT molecular complexity index is 339. The maximum atomic E-state index is 12.6. The SMILES string of the molecule is CC(C)(c1ccc(F)nc1)C1(N)CC1. The fraction of sp³-hybridized carbons (Fsp3) is 0.545. The molecule has 0 radical (unpaired) electrons. The molecule has 0 aromatic carbocycles. The zero-order valence-corrected chi connectivity index (χ0v) is 8.55. The normalized spacial score (nSPS) is 19.4. The highest BCUT2D eigenvalue weighted by Crippen LogP contribution is 2.48. The number of hydrogen-bond donors (Lipinski definition) is 1. The molecule has 0 bridgehead atoms. The van der Waals surface area contributed by atoms with Crippen molar-refractivity contribution in [3.05, 3.63) is 29.8 Å². The van der Waals surface area contributed by atoms with Crippen molar-refractivity contribution in [1.29, 1.82) is 0 Å². The van der Waals surface area contributed by atoms with E-state index in [1.54, 1.807) is 12.3 Å². The van der Waals surface area contributed by atoms with Crippen molar-refractivity contribution in [1.82, 2.24) is 4.98 Å². The van der Waals surface area contributed by atoms with Gasteiger partial charge < -0.3 is 5.73 Å². The van der Waals surface area contributed by atoms with Gasteiger partial charge in [0.1, 0.15) is 0 Å². The molecule has 1 aromatic rings. The van der Waals surface area contributed by atoms with E-state index in [2.05, 4.69) is 18.8 Å². The molecule has 2 nitrogen and oxygen atoms in total. The zero-order valence-electron chi connectivity index (χ0n) is 8.55. The molecule has 2 N–H and O–H groups in total. The fourth-order valence-electron chi connectivity index (χ4n) is 1.79. The first-order valence-electron chi connectivity index (χ1n) is 4.87. The van der Waals surface area contributed by atoms with Gasteiger partial charge in [-0.3, -0.25) is 0 Å². The van der Waals surface area contributed by atoms with Crippen molar-refractivity contribution < 1.29 is 4.39 Å². The number of pyridine rings is 1. The van der Waals surface area contributed by atoms with Crippen LogP contribution >= 0.6 is 0 Å². The molecule has 3 heteroatoms. The van der Waals surface area contributed by atoms with E-state index >= 15 is 0 Å². The van der Waals surface area contributed by atoms with Crippen LogP contribution in [0.5, 0.6) is 0 Å². The summed E-state index contributed by atoms with van der Waals surface area (Å²) in [6.45, 7) is 4.18. The van der Waals surface area contributed by atoms with Gasteiger partial charge in [0, 0.05) is 17.2 Å². The summed E-state index contributed by atoms with van der Waals surface area (Å²) in [4.78, 5) is 3.66. The third kappa shape index (κ3) is 1.32. The molecule has 1 aromatic heterocycles. The number of nitrogens with zero attached hydrogens (tertiary/aromatic N) is 1. The van der Waals surface area contributed by atoms with E-state index in [4.69, 9.17) is 5.73 Å². The monoisotopic (exact) mass is 194 g/mol. The highest BCUT2D eigenvalue weighted by molar-refractivity contribution is 5.30. The van der Waals surface area contributed by atoms with Crippen LogP contribution in [0.15, 0.2) is 18.3 Å². The lowest BCUT2D eigenvalue weighted by Crippen LogP contribution is -2.43. The van der Waals surface area contributed by atoms with Crippen LogP contribution in [0.25, 0.3) is 0 Å². The number of aromatic nitrogens is 1. The predicted molar refractivity (Wildman–Crippen MR) is 53.4 cm³/mol. The highest BCUT2D eigenvalue weighted by atomic mass is 19.1. The third-order valence-corrected chi connectivity index (χ3v) is 3.48. The van der Waals surface area contributed by atoms with E-state index in [1.807, 2.05) is 0 Å². The van der Waals surface area contributed by atoms with Crippen LogP contribution in [-0.2, 0) is 5.41 Å². The quantitative estimate of drug-likeness (QED) is 0.731. The second kappa shape index (κ2) is 2.76. The Morgan fingerprint density at radius 3 is 2.50 bits per heavy atom. The Balaban J connectivity index is 2.34. The van der Waals surface area contributed by atoms with Gasteiger partial charge in [-0.05, 0) is 24.5 Å². The molecule has 0 aliphatic heterocycles. The van der Waals surface area contributed by atoms with E-state index in [-0.39, 0.29) is 11.0 Å². The second-order valence-electron chi connectivity index (χ2n) is 4.65. The fourth-order valence-corrected chi connectivity index (χ4v) is 1.79. The van der Waals surface area contributed by atoms with Gasteiger partial charge in [0.15, 0.2) is 0 Å². The van der Waals surface area contributed by atoms with Crippen LogP contribution in [0, 0.1) is 5.95 Å². The van der Waals surface area contributed by atoms with Crippen molar-refractivity contribution in [2.24, 2.45) is 5.73 Å². The summed E-state index contributed by atoms with van der Waals surface area (Å²) in [7, 11) is 0. The van der Waals surface area contributed by atoms with Crippen molar-refractivity contribution in [2.45, 2.75) is 37.6 Å². The van der Waals surface area contributed by atoms with Crippen LogP contribution in [0.1, 0.15) is 32.3 Å². The van der Waals surface area contributed by atoms with Gasteiger partial charge in [-0.15, -0.1) is 0 Å². The molecule has 1 fully saturated rings. The summed E-state index contributed by atoms with van der Waals surface area (Å²) in [5.41, 5.74) is 6.95. The lowest BCUT2D eigenvalue weighted by Gasteiger charge is -2.32. The van der Waals surface area contributed by atoms with Gasteiger partial charge in [-0.1, -0.05) is 19.9 Å². The van der Waals surface area contributed by atoms with Gasteiger partial charge in [-0.25, -0.2) is 4.98 Å². The molecule has 1 aliphatic rings. The molecule has 1 heterocycles. The summed E-state index contributed by atoms with van der Waals surface area (Å²) in [5.74, 6) is -0.439. The molecular weight excluding hydrogens is 179 g/mol. The average molecular weight is 194 g/mol. The lowest BCUT2D eigenvalue weighted by atomic mass is 9.77. The maximum Gasteiger partial charge on any atom is 0.212 e. The molecule has 1 aliphatic carbocycles. The van der Waals surface area contributed by atoms with Crippen LogP contribution in [0.2, 0.25) is 0 Å². The molecule has 2 rings (SSSR count). The summed E-state index contributed by atoms with van der Waals surface area (Å²) in [5, 5.41) is 0. The second-order valence-corrected chi connectivity index (χ2v) is 4.65. The van der Waals surface area contributed by atoms with Gasteiger partial charge in [-0.2, -0.15) is 4.39 Å². The predicted octanol–water partition coefficient (Wildman–Crippen LogP) is 1.99. The van der Waals surface area contributed by atoms with Crippen LogP contribution in [0.3, 0.4) is 0 Å². The Morgan fingerprint density at radius 1 is 1.43 bits per heavy atom. The number of hydrogen-bond acceptors (Lipinski definition) is 2. The Morgan fingerprint density at radius 2 is 2.07 bits per heavy atom. The Hall–Kier alpha value is -0.960. The maximum absolute atomic E-state index is 12.6. The molecular formula is C11H15FN2. The van der Waals surface area contributed by atoms with E-state index in [0.29, 0.717) is 0 Å². The van der Waals surface area contributed by atoms with E-state index < -0.39 is 5.95 Å². The van der Waals surface area contributed by atoms with E-state index in [9.17, 15) is 4.39 Å². The molecule has 0 unspecified atom stereocenters. The zero-order chi connectivity index (χ0) is 10.4. The largest absolute Gasteiger partial charge is 0.324 e. The Labute approximate surface area is 83.3 Å². The molecule has 0 saturated heterocycles. The Kier molecular flexibility index (Phi) is 1.89. The standard InChI is InChI=1S/C11H15FN2/c1-10(2,11(13)5-6-11)8-3-4-9(12)14-7-8/h3-4,7H,5-6,13H2,1-2H3. The molecule has 14 heavy (non-hydrogen) atoms. The van der Waals surface area contributed by atoms with Crippen LogP contribution < -0.4 is 5.73 Å². The minimum atomic E-state index is -0.439. The molecule has 1 saturated carbocycles. The molecule has 0 spiro atoms. The first-order chi connectivity index (χ1) is 6.46. The molecule has 0 amide bonds. The van der Waals surface area contributed by atoms with E-state index in [1.165, 1.54) is 6.07 Å². The van der Waals surface area contributed by atoms with Crippen molar-refractivity contribution in [3.63, 3.8) is 0 Å². The van der Waals surface area contributed by atoms with Crippen molar-refractivity contribution in [2.75, 3.05) is 0 Å².